The molecule has 0 bridgehead atoms. The van der Waals surface area contributed by atoms with E-state index in [1.54, 1.807) is 42.5 Å². The third-order valence-corrected chi connectivity index (χ3v) is 6.17. The normalized spacial score (nSPS) is 13.5. The molecule has 9 nitrogen and oxygen atoms in total. The van der Waals surface area contributed by atoms with Crippen molar-refractivity contribution in [3.8, 4) is 23.0 Å². The lowest BCUT2D eigenvalue weighted by Crippen LogP contribution is -2.12. The van der Waals surface area contributed by atoms with Crippen molar-refractivity contribution in [2.45, 2.75) is 4.90 Å². The quantitative estimate of drug-likeness (QED) is 0.432. The Bertz CT molecular complexity index is 1340. The molecule has 1 aliphatic heterocycles. The summed E-state index contributed by atoms with van der Waals surface area (Å²) in [6.45, 7) is 0. The lowest BCUT2D eigenvalue weighted by Gasteiger charge is -2.14. The number of carbonyl (C=O) groups excluding carboxylic acids is 1. The van der Waals surface area contributed by atoms with Crippen LogP contribution in [0.15, 0.2) is 70.0 Å². The highest BCUT2D eigenvalue weighted by atomic mass is 32.2. The Morgan fingerprint density at radius 3 is 2.24 bits per heavy atom. The van der Waals surface area contributed by atoms with Crippen LogP contribution >= 0.6 is 0 Å². The number of amidine groups is 1. The number of sulfonamides is 1. The van der Waals surface area contributed by atoms with Gasteiger partial charge in [0.1, 0.15) is 10.6 Å². The van der Waals surface area contributed by atoms with Gasteiger partial charge in [-0.05, 0) is 36.4 Å². The summed E-state index contributed by atoms with van der Waals surface area (Å²) in [6.07, 6.45) is 0. The van der Waals surface area contributed by atoms with E-state index in [1.807, 2.05) is 0 Å². The monoisotopic (exact) mass is 468 g/mol. The molecule has 0 saturated carbocycles. The lowest BCUT2D eigenvalue weighted by atomic mass is 10.2. The summed E-state index contributed by atoms with van der Waals surface area (Å²) in [5, 5.41) is 2.98. The van der Waals surface area contributed by atoms with E-state index in [-0.39, 0.29) is 22.0 Å². The van der Waals surface area contributed by atoms with Crippen molar-refractivity contribution in [1.29, 1.82) is 0 Å². The molecule has 33 heavy (non-hydrogen) atoms. The molecule has 3 aromatic carbocycles. The number of methoxy groups -OCH3 is 3. The molecular formula is C23H20N2O7S. The fraction of sp³-hybridized carbons (Fsp3) is 0.130. The van der Waals surface area contributed by atoms with Crippen LogP contribution in [0.25, 0.3) is 0 Å². The molecule has 4 rings (SSSR count). The van der Waals surface area contributed by atoms with Crippen LogP contribution < -0.4 is 24.3 Å². The van der Waals surface area contributed by atoms with E-state index >= 15 is 0 Å². The maximum Gasteiger partial charge on any atom is 0.343 e. The zero-order chi connectivity index (χ0) is 23.6. The van der Waals surface area contributed by atoms with E-state index in [2.05, 4.69) is 9.71 Å². The molecule has 0 saturated heterocycles. The molecule has 0 atom stereocenters. The van der Waals surface area contributed by atoms with Gasteiger partial charge in [-0.25, -0.2) is 4.79 Å². The molecule has 0 spiro atoms. The van der Waals surface area contributed by atoms with Crippen LogP contribution in [0.2, 0.25) is 0 Å². The fourth-order valence-corrected chi connectivity index (χ4v) is 4.51. The van der Waals surface area contributed by atoms with Gasteiger partial charge in [0.2, 0.25) is 5.75 Å². The highest BCUT2D eigenvalue weighted by molar-refractivity contribution is 7.90. The summed E-state index contributed by atoms with van der Waals surface area (Å²) in [4.78, 5) is 12.9. The van der Waals surface area contributed by atoms with Crippen LogP contribution in [0.1, 0.15) is 15.9 Å². The summed E-state index contributed by atoms with van der Waals surface area (Å²) in [5.41, 5.74) is 1.16. The average Bonchev–Trinajstić information content (AvgIpc) is 3.08. The summed E-state index contributed by atoms with van der Waals surface area (Å²) in [5.74, 6) is 0.789. The van der Waals surface area contributed by atoms with Crippen molar-refractivity contribution >= 4 is 27.5 Å². The zero-order valence-corrected chi connectivity index (χ0v) is 18.8. The van der Waals surface area contributed by atoms with Gasteiger partial charge < -0.3 is 24.3 Å². The van der Waals surface area contributed by atoms with Crippen molar-refractivity contribution in [3.05, 3.63) is 71.8 Å². The molecule has 1 heterocycles. The Morgan fingerprint density at radius 1 is 0.879 bits per heavy atom. The molecule has 3 aromatic rings. The number of nitrogens with zero attached hydrogens (tertiary/aromatic N) is 1. The van der Waals surface area contributed by atoms with Crippen LogP contribution in [0.3, 0.4) is 0 Å². The number of carbonyl (C=O) groups is 1. The molecular weight excluding hydrogens is 448 g/mol. The number of rotatable bonds is 6. The number of nitrogens with one attached hydrogen (secondary N) is 1. The second-order valence-electron chi connectivity index (χ2n) is 6.87. The van der Waals surface area contributed by atoms with E-state index in [1.165, 1.54) is 39.5 Å². The van der Waals surface area contributed by atoms with Crippen molar-refractivity contribution in [2.75, 3.05) is 26.6 Å². The third kappa shape index (κ3) is 4.33. The van der Waals surface area contributed by atoms with E-state index < -0.39 is 16.0 Å². The summed E-state index contributed by atoms with van der Waals surface area (Å²) in [6, 6.07) is 16.0. The number of hydrogen-bond acceptors (Lipinski definition) is 8. The predicted molar refractivity (Wildman–Crippen MR) is 121 cm³/mol. The molecule has 0 amide bonds. The van der Waals surface area contributed by atoms with Crippen LogP contribution in [0.4, 0.5) is 5.69 Å². The van der Waals surface area contributed by atoms with Crippen molar-refractivity contribution in [3.63, 3.8) is 0 Å². The smallest absolute Gasteiger partial charge is 0.343 e. The van der Waals surface area contributed by atoms with Gasteiger partial charge in [0.25, 0.3) is 10.0 Å². The van der Waals surface area contributed by atoms with Gasteiger partial charge in [-0.2, -0.15) is 8.42 Å². The molecule has 1 aliphatic rings. The van der Waals surface area contributed by atoms with Gasteiger partial charge in [0.15, 0.2) is 17.3 Å². The Kier molecular flexibility index (Phi) is 5.93. The number of hydrogen-bond donors (Lipinski definition) is 1. The van der Waals surface area contributed by atoms with E-state index in [9.17, 15) is 13.2 Å². The number of benzene rings is 3. The molecule has 1 N–H and O–H groups in total. The topological polar surface area (TPSA) is 113 Å². The van der Waals surface area contributed by atoms with Gasteiger partial charge in [-0.3, -0.25) is 0 Å². The Morgan fingerprint density at radius 2 is 1.58 bits per heavy atom. The van der Waals surface area contributed by atoms with Crippen LogP contribution in [-0.4, -0.2) is 41.6 Å². The van der Waals surface area contributed by atoms with E-state index in [4.69, 9.17) is 18.9 Å². The minimum absolute atomic E-state index is 0.137. The van der Waals surface area contributed by atoms with E-state index in [0.29, 0.717) is 28.5 Å². The third-order valence-electron chi connectivity index (χ3n) is 4.84. The minimum atomic E-state index is -3.75. The standard InChI is InChI=1S/C23H20N2O7S/c1-29-18-11-14(12-19(30-2)21(18)31-3)23(26)32-16-8-6-7-15(13-16)24-22-17-9-4-5-10-20(17)33(27,28)25-22/h4-13H,1-3H3,(H,24,25). The predicted octanol–water partition coefficient (Wildman–Crippen LogP) is 3.49. The first-order chi connectivity index (χ1) is 15.9. The first-order valence-electron chi connectivity index (χ1n) is 9.70. The van der Waals surface area contributed by atoms with Gasteiger partial charge >= 0.3 is 5.97 Å². The number of anilines is 1. The largest absolute Gasteiger partial charge is 0.493 e. The Hall–Kier alpha value is -4.05. The maximum atomic E-state index is 12.8. The SMILES string of the molecule is COc1cc(C(=O)Oc2cccc(NC3=NS(=O)(=O)c4ccccc43)c2)cc(OC)c1OC. The molecule has 0 aliphatic carbocycles. The molecule has 170 valence electrons. The number of esters is 1. The van der Waals surface area contributed by atoms with Gasteiger partial charge in [-0.15, -0.1) is 4.40 Å². The Balaban J connectivity index is 1.57. The second-order valence-corrected chi connectivity index (χ2v) is 8.44. The zero-order valence-electron chi connectivity index (χ0n) is 18.0. The van der Waals surface area contributed by atoms with Gasteiger partial charge in [-0.1, -0.05) is 18.2 Å². The van der Waals surface area contributed by atoms with Crippen LogP contribution in [-0.2, 0) is 10.0 Å². The van der Waals surface area contributed by atoms with Crippen LogP contribution in [0, 0.1) is 0 Å². The van der Waals surface area contributed by atoms with E-state index in [0.717, 1.165) is 0 Å². The lowest BCUT2D eigenvalue weighted by molar-refractivity contribution is 0.0734. The van der Waals surface area contributed by atoms with Crippen LogP contribution in [0.5, 0.6) is 23.0 Å². The average molecular weight is 468 g/mol. The number of ether oxygens (including phenoxy) is 4. The molecule has 0 fully saturated rings. The highest BCUT2D eigenvalue weighted by Gasteiger charge is 2.28. The van der Waals surface area contributed by atoms with Gasteiger partial charge in [0.05, 0.1) is 26.9 Å². The maximum absolute atomic E-state index is 12.8. The Labute approximate surface area is 190 Å². The fourth-order valence-electron chi connectivity index (χ4n) is 3.33. The molecule has 0 radical (unpaired) electrons. The second kappa shape index (κ2) is 8.83. The molecule has 10 heteroatoms. The van der Waals surface area contributed by atoms with Crippen molar-refractivity contribution < 1.29 is 32.2 Å². The molecule has 0 unspecified atom stereocenters. The summed E-state index contributed by atoms with van der Waals surface area (Å²) in [7, 11) is 0.615. The first kappa shape index (κ1) is 22.2. The number of fused-ring (bicyclic) bond motifs is 1. The van der Waals surface area contributed by atoms with Crippen molar-refractivity contribution in [1.82, 2.24) is 0 Å². The summed E-state index contributed by atoms with van der Waals surface area (Å²) < 4.78 is 49.6. The van der Waals surface area contributed by atoms with Gasteiger partial charge in [0, 0.05) is 17.3 Å². The molecule has 0 aromatic heterocycles. The highest BCUT2D eigenvalue weighted by Crippen LogP contribution is 2.38. The first-order valence-corrected chi connectivity index (χ1v) is 11.1. The summed E-state index contributed by atoms with van der Waals surface area (Å²) >= 11 is 0. The van der Waals surface area contributed by atoms with Crippen molar-refractivity contribution in [2.24, 2.45) is 4.40 Å². The minimum Gasteiger partial charge on any atom is -0.493 e.